The highest BCUT2D eigenvalue weighted by molar-refractivity contribution is 6.00. The molecular formula is C14H19N3O3. The molecular weight excluding hydrogens is 258 g/mol. The molecule has 0 saturated carbocycles. The van der Waals surface area contributed by atoms with Crippen LogP contribution in [0.4, 0.5) is 16.2 Å². The lowest BCUT2D eigenvalue weighted by Crippen LogP contribution is -2.36. The van der Waals surface area contributed by atoms with Crippen LogP contribution >= 0.6 is 0 Å². The molecule has 1 aromatic rings. The number of carboxylic acids is 1. The quantitative estimate of drug-likeness (QED) is 0.723. The number of nitrogen functional groups attached to an aromatic ring is 1. The second-order valence-corrected chi connectivity index (χ2v) is 4.94. The van der Waals surface area contributed by atoms with E-state index in [0.29, 0.717) is 18.8 Å². The maximum atomic E-state index is 12.2. The molecule has 20 heavy (non-hydrogen) atoms. The van der Waals surface area contributed by atoms with Gasteiger partial charge in [0.25, 0.3) is 0 Å². The average molecular weight is 277 g/mol. The number of likely N-dealkylation sites (tertiary alicyclic amines) is 1. The second-order valence-electron chi connectivity index (χ2n) is 4.94. The van der Waals surface area contributed by atoms with Gasteiger partial charge in [-0.2, -0.15) is 0 Å². The van der Waals surface area contributed by atoms with Crippen LogP contribution in [0.1, 0.15) is 36.0 Å². The van der Waals surface area contributed by atoms with E-state index in [0.717, 1.165) is 25.7 Å². The number of hydrogen-bond donors (Lipinski definition) is 3. The van der Waals surface area contributed by atoms with Crippen molar-refractivity contribution in [1.29, 1.82) is 0 Å². The topological polar surface area (TPSA) is 95.7 Å². The third-order valence-corrected chi connectivity index (χ3v) is 3.41. The molecule has 0 bridgehead atoms. The number of nitrogens with one attached hydrogen (secondary N) is 1. The van der Waals surface area contributed by atoms with Gasteiger partial charge in [-0.05, 0) is 31.0 Å². The van der Waals surface area contributed by atoms with Gasteiger partial charge in [-0.3, -0.25) is 0 Å². The predicted molar refractivity (Wildman–Crippen MR) is 76.9 cm³/mol. The summed E-state index contributed by atoms with van der Waals surface area (Å²) >= 11 is 0. The van der Waals surface area contributed by atoms with Crippen molar-refractivity contribution in [2.24, 2.45) is 0 Å². The molecule has 0 atom stereocenters. The fourth-order valence-electron chi connectivity index (χ4n) is 2.32. The van der Waals surface area contributed by atoms with Crippen molar-refractivity contribution in [3.05, 3.63) is 23.8 Å². The molecule has 2 rings (SSSR count). The number of rotatable bonds is 2. The minimum Gasteiger partial charge on any atom is -0.478 e. The maximum absolute atomic E-state index is 12.2. The number of aromatic carboxylic acids is 1. The third kappa shape index (κ3) is 3.40. The normalized spacial score (nSPS) is 15.5. The number of hydrogen-bond acceptors (Lipinski definition) is 3. The van der Waals surface area contributed by atoms with Gasteiger partial charge in [-0.25, -0.2) is 9.59 Å². The van der Waals surface area contributed by atoms with E-state index in [1.165, 1.54) is 18.2 Å². The Balaban J connectivity index is 2.14. The van der Waals surface area contributed by atoms with Crippen LogP contribution < -0.4 is 11.1 Å². The van der Waals surface area contributed by atoms with Crippen LogP contribution in [0.25, 0.3) is 0 Å². The van der Waals surface area contributed by atoms with Crippen LogP contribution in [0.3, 0.4) is 0 Å². The smallest absolute Gasteiger partial charge is 0.337 e. The first-order valence-corrected chi connectivity index (χ1v) is 6.76. The number of carbonyl (C=O) groups is 2. The van der Waals surface area contributed by atoms with Gasteiger partial charge in [0.15, 0.2) is 0 Å². The van der Waals surface area contributed by atoms with Crippen LogP contribution in [-0.2, 0) is 0 Å². The summed E-state index contributed by atoms with van der Waals surface area (Å²) in [4.78, 5) is 25.1. The Kier molecular flexibility index (Phi) is 4.45. The lowest BCUT2D eigenvalue weighted by Gasteiger charge is -2.21. The van der Waals surface area contributed by atoms with Crippen molar-refractivity contribution in [2.75, 3.05) is 24.1 Å². The van der Waals surface area contributed by atoms with Gasteiger partial charge < -0.3 is 21.1 Å². The molecule has 108 valence electrons. The third-order valence-electron chi connectivity index (χ3n) is 3.41. The molecule has 0 aliphatic carbocycles. The van der Waals surface area contributed by atoms with E-state index in [2.05, 4.69) is 5.32 Å². The summed E-state index contributed by atoms with van der Waals surface area (Å²) in [6, 6.07) is 4.11. The summed E-state index contributed by atoms with van der Waals surface area (Å²) in [6.07, 6.45) is 4.22. The molecule has 1 aliphatic rings. The van der Waals surface area contributed by atoms with Crippen molar-refractivity contribution >= 4 is 23.4 Å². The van der Waals surface area contributed by atoms with E-state index >= 15 is 0 Å². The molecule has 6 heteroatoms. The average Bonchev–Trinajstić information content (AvgIpc) is 2.67. The summed E-state index contributed by atoms with van der Waals surface area (Å²) in [7, 11) is 0. The number of amides is 2. The molecule has 0 unspecified atom stereocenters. The van der Waals surface area contributed by atoms with Crippen LogP contribution in [-0.4, -0.2) is 35.1 Å². The summed E-state index contributed by atoms with van der Waals surface area (Å²) in [5.74, 6) is -1.09. The van der Waals surface area contributed by atoms with E-state index in [-0.39, 0.29) is 17.3 Å². The highest BCUT2D eigenvalue weighted by atomic mass is 16.4. The zero-order chi connectivity index (χ0) is 14.5. The SMILES string of the molecule is Nc1ccc(C(=O)O)c(NC(=O)N2CCCCCC2)c1. The van der Waals surface area contributed by atoms with E-state index < -0.39 is 5.97 Å². The van der Waals surface area contributed by atoms with Crippen LogP contribution in [0, 0.1) is 0 Å². The Bertz CT molecular complexity index is 508. The summed E-state index contributed by atoms with van der Waals surface area (Å²) in [6.45, 7) is 1.41. The summed E-state index contributed by atoms with van der Waals surface area (Å²) in [5.41, 5.74) is 6.35. The molecule has 0 aromatic heterocycles. The molecule has 1 aromatic carbocycles. The molecule has 0 spiro atoms. The number of carbonyl (C=O) groups excluding carboxylic acids is 1. The van der Waals surface area contributed by atoms with Gasteiger partial charge in [0, 0.05) is 18.8 Å². The largest absolute Gasteiger partial charge is 0.478 e. The van der Waals surface area contributed by atoms with Crippen LogP contribution in [0.5, 0.6) is 0 Å². The van der Waals surface area contributed by atoms with Gasteiger partial charge in [0.1, 0.15) is 0 Å². The van der Waals surface area contributed by atoms with Crippen molar-refractivity contribution < 1.29 is 14.7 Å². The molecule has 6 nitrogen and oxygen atoms in total. The zero-order valence-electron chi connectivity index (χ0n) is 11.3. The molecule has 1 fully saturated rings. The van der Waals surface area contributed by atoms with E-state index in [1.807, 2.05) is 0 Å². The van der Waals surface area contributed by atoms with Gasteiger partial charge in [-0.1, -0.05) is 12.8 Å². The van der Waals surface area contributed by atoms with E-state index in [4.69, 9.17) is 10.8 Å². The zero-order valence-corrected chi connectivity index (χ0v) is 11.3. The minimum absolute atomic E-state index is 0.0439. The standard InChI is InChI=1S/C14H19N3O3/c15-10-5-6-11(13(18)19)12(9-10)16-14(20)17-7-3-1-2-4-8-17/h5-6,9H,1-4,7-8,15H2,(H,16,20)(H,18,19). The number of nitrogens with zero attached hydrogens (tertiary/aromatic N) is 1. The predicted octanol–water partition coefficient (Wildman–Crippen LogP) is 2.37. The second kappa shape index (κ2) is 6.27. The number of nitrogens with two attached hydrogens (primary N) is 1. The number of anilines is 2. The first-order valence-electron chi connectivity index (χ1n) is 6.76. The van der Waals surface area contributed by atoms with Crippen molar-refractivity contribution in [1.82, 2.24) is 4.90 Å². The lowest BCUT2D eigenvalue weighted by atomic mass is 10.1. The Hall–Kier alpha value is -2.24. The Morgan fingerprint density at radius 1 is 1.15 bits per heavy atom. The molecule has 2 amide bonds. The molecule has 1 heterocycles. The Morgan fingerprint density at radius 2 is 1.80 bits per heavy atom. The van der Waals surface area contributed by atoms with Gasteiger partial charge in [-0.15, -0.1) is 0 Å². The van der Waals surface area contributed by atoms with Gasteiger partial charge in [0.2, 0.25) is 0 Å². The van der Waals surface area contributed by atoms with Gasteiger partial charge in [0.05, 0.1) is 11.3 Å². The highest BCUT2D eigenvalue weighted by Crippen LogP contribution is 2.20. The number of carboxylic acid groups (broad SMARTS) is 1. The minimum atomic E-state index is -1.09. The van der Waals surface area contributed by atoms with Crippen molar-refractivity contribution in [3.63, 3.8) is 0 Å². The first kappa shape index (κ1) is 14.2. The van der Waals surface area contributed by atoms with Crippen LogP contribution in [0.2, 0.25) is 0 Å². The molecule has 1 aliphatic heterocycles. The summed E-state index contributed by atoms with van der Waals surface area (Å²) < 4.78 is 0. The Labute approximate surface area is 117 Å². The van der Waals surface area contributed by atoms with Crippen molar-refractivity contribution in [3.8, 4) is 0 Å². The summed E-state index contributed by atoms with van der Waals surface area (Å²) in [5, 5.41) is 11.8. The maximum Gasteiger partial charge on any atom is 0.337 e. The van der Waals surface area contributed by atoms with E-state index in [1.54, 1.807) is 4.90 Å². The first-order chi connectivity index (χ1) is 9.58. The molecule has 1 saturated heterocycles. The number of benzene rings is 1. The lowest BCUT2D eigenvalue weighted by molar-refractivity contribution is 0.0698. The highest BCUT2D eigenvalue weighted by Gasteiger charge is 2.18. The number of urea groups is 1. The molecule has 4 N–H and O–H groups in total. The fraction of sp³-hybridized carbons (Fsp3) is 0.429. The fourth-order valence-corrected chi connectivity index (χ4v) is 2.32. The van der Waals surface area contributed by atoms with E-state index in [9.17, 15) is 9.59 Å². The van der Waals surface area contributed by atoms with Gasteiger partial charge >= 0.3 is 12.0 Å². The molecule has 0 radical (unpaired) electrons. The van der Waals surface area contributed by atoms with Crippen LogP contribution in [0.15, 0.2) is 18.2 Å². The van der Waals surface area contributed by atoms with Crippen molar-refractivity contribution in [2.45, 2.75) is 25.7 Å². The monoisotopic (exact) mass is 277 g/mol. The Morgan fingerprint density at radius 3 is 2.40 bits per heavy atom.